The van der Waals surface area contributed by atoms with E-state index in [1.165, 1.54) is 0 Å². The second-order valence-electron chi connectivity index (χ2n) is 5.10. The van der Waals surface area contributed by atoms with Gasteiger partial charge in [0.05, 0.1) is 27.8 Å². The second-order valence-corrected chi connectivity index (χ2v) is 5.10. The van der Waals surface area contributed by atoms with Gasteiger partial charge in [0.15, 0.2) is 11.5 Å². The molecule has 0 aliphatic heterocycles. The molecule has 0 bridgehead atoms. The number of rotatable bonds is 6. The summed E-state index contributed by atoms with van der Waals surface area (Å²) in [5, 5.41) is 2.88. The summed E-state index contributed by atoms with van der Waals surface area (Å²) in [4.78, 5) is 12.2. The Hall–Kier alpha value is -2.69. The number of nitrogens with one attached hydrogen (secondary N) is 1. The maximum Gasteiger partial charge on any atom is 0.228 e. The molecule has 0 saturated heterocycles. The molecule has 23 heavy (non-hydrogen) atoms. The van der Waals surface area contributed by atoms with Crippen LogP contribution in [0.5, 0.6) is 17.2 Å². The fourth-order valence-electron chi connectivity index (χ4n) is 2.34. The third kappa shape index (κ3) is 4.16. The van der Waals surface area contributed by atoms with Gasteiger partial charge in [-0.2, -0.15) is 0 Å². The highest BCUT2D eigenvalue weighted by atomic mass is 16.5. The number of hydrogen-bond donors (Lipinski definition) is 1. The molecule has 0 radical (unpaired) electrons. The van der Waals surface area contributed by atoms with E-state index in [1.54, 1.807) is 33.5 Å². The van der Waals surface area contributed by atoms with Crippen molar-refractivity contribution in [3.63, 3.8) is 0 Å². The summed E-state index contributed by atoms with van der Waals surface area (Å²) >= 11 is 0. The van der Waals surface area contributed by atoms with Crippen molar-refractivity contribution in [3.05, 3.63) is 47.5 Å². The zero-order chi connectivity index (χ0) is 16.8. The summed E-state index contributed by atoms with van der Waals surface area (Å²) in [6.07, 6.45) is 0.255. The van der Waals surface area contributed by atoms with Crippen molar-refractivity contribution < 1.29 is 19.0 Å². The van der Waals surface area contributed by atoms with Crippen LogP contribution in [0.3, 0.4) is 0 Å². The Labute approximate surface area is 136 Å². The molecule has 5 nitrogen and oxygen atoms in total. The molecular weight excluding hydrogens is 294 g/mol. The molecule has 2 aromatic rings. The molecule has 122 valence electrons. The lowest BCUT2D eigenvalue weighted by Crippen LogP contribution is -2.14. The minimum Gasteiger partial charge on any atom is -0.496 e. The summed E-state index contributed by atoms with van der Waals surface area (Å²) in [6, 6.07) is 11.0. The molecular formula is C18H21NO4. The van der Waals surface area contributed by atoms with E-state index in [2.05, 4.69) is 5.32 Å². The first kappa shape index (κ1) is 16.7. The Morgan fingerprint density at radius 1 is 0.913 bits per heavy atom. The van der Waals surface area contributed by atoms with Gasteiger partial charge in [0.1, 0.15) is 5.75 Å². The van der Waals surface area contributed by atoms with Crippen LogP contribution in [0.15, 0.2) is 36.4 Å². The SMILES string of the molecule is COc1ccc(NC(=O)Cc2ccc(OC)c(OC)c2)cc1C. The van der Waals surface area contributed by atoms with Crippen LogP contribution in [0.1, 0.15) is 11.1 Å². The summed E-state index contributed by atoms with van der Waals surface area (Å²) in [6.45, 7) is 1.93. The number of carbonyl (C=O) groups excluding carboxylic acids is 1. The van der Waals surface area contributed by atoms with Gasteiger partial charge in [-0.25, -0.2) is 0 Å². The number of methoxy groups -OCH3 is 3. The lowest BCUT2D eigenvalue weighted by molar-refractivity contribution is -0.115. The van der Waals surface area contributed by atoms with Crippen molar-refractivity contribution in [2.24, 2.45) is 0 Å². The first-order valence-electron chi connectivity index (χ1n) is 7.22. The van der Waals surface area contributed by atoms with Crippen molar-refractivity contribution in [1.29, 1.82) is 0 Å². The summed E-state index contributed by atoms with van der Waals surface area (Å²) in [7, 11) is 4.77. The van der Waals surface area contributed by atoms with Crippen LogP contribution in [-0.2, 0) is 11.2 Å². The first-order chi connectivity index (χ1) is 11.1. The average Bonchev–Trinajstić information content (AvgIpc) is 2.54. The smallest absolute Gasteiger partial charge is 0.228 e. The largest absolute Gasteiger partial charge is 0.496 e. The summed E-state index contributed by atoms with van der Waals surface area (Å²) in [5.74, 6) is 1.95. The predicted molar refractivity (Wildman–Crippen MR) is 89.6 cm³/mol. The van der Waals surface area contributed by atoms with Crippen molar-refractivity contribution in [2.45, 2.75) is 13.3 Å². The predicted octanol–water partition coefficient (Wildman–Crippen LogP) is 3.20. The molecule has 0 aliphatic carbocycles. The minimum atomic E-state index is -0.0956. The monoisotopic (exact) mass is 315 g/mol. The zero-order valence-corrected chi connectivity index (χ0v) is 13.8. The summed E-state index contributed by atoms with van der Waals surface area (Å²) in [5.41, 5.74) is 2.57. The normalized spacial score (nSPS) is 10.1. The van der Waals surface area contributed by atoms with Gasteiger partial charge in [0.25, 0.3) is 0 Å². The van der Waals surface area contributed by atoms with Crippen LogP contribution >= 0.6 is 0 Å². The number of aryl methyl sites for hydroxylation is 1. The van der Waals surface area contributed by atoms with Gasteiger partial charge < -0.3 is 19.5 Å². The molecule has 5 heteroatoms. The third-order valence-corrected chi connectivity index (χ3v) is 3.49. The number of anilines is 1. The number of amides is 1. The summed E-state index contributed by atoms with van der Waals surface area (Å²) < 4.78 is 15.6. The van der Waals surface area contributed by atoms with E-state index in [1.807, 2.05) is 31.2 Å². The number of ether oxygens (including phenoxy) is 3. The van der Waals surface area contributed by atoms with E-state index in [0.29, 0.717) is 11.5 Å². The molecule has 2 aromatic carbocycles. The molecule has 0 saturated carbocycles. The maximum absolute atomic E-state index is 12.2. The second kappa shape index (κ2) is 7.54. The van der Waals surface area contributed by atoms with Crippen LogP contribution < -0.4 is 19.5 Å². The highest BCUT2D eigenvalue weighted by molar-refractivity contribution is 5.92. The van der Waals surface area contributed by atoms with Crippen LogP contribution in [0.2, 0.25) is 0 Å². The fourth-order valence-corrected chi connectivity index (χ4v) is 2.34. The highest BCUT2D eigenvalue weighted by Gasteiger charge is 2.09. The molecule has 0 atom stereocenters. The highest BCUT2D eigenvalue weighted by Crippen LogP contribution is 2.28. The van der Waals surface area contributed by atoms with Crippen LogP contribution in [0.25, 0.3) is 0 Å². The maximum atomic E-state index is 12.2. The molecule has 0 aromatic heterocycles. The Morgan fingerprint density at radius 2 is 1.57 bits per heavy atom. The van der Waals surface area contributed by atoms with Crippen LogP contribution in [0.4, 0.5) is 5.69 Å². The number of benzene rings is 2. The zero-order valence-electron chi connectivity index (χ0n) is 13.8. The van der Waals surface area contributed by atoms with Crippen LogP contribution in [-0.4, -0.2) is 27.2 Å². The molecule has 0 fully saturated rings. The quantitative estimate of drug-likeness (QED) is 0.889. The van der Waals surface area contributed by atoms with E-state index < -0.39 is 0 Å². The molecule has 2 rings (SSSR count). The fraction of sp³-hybridized carbons (Fsp3) is 0.278. The van der Waals surface area contributed by atoms with E-state index in [4.69, 9.17) is 14.2 Å². The third-order valence-electron chi connectivity index (χ3n) is 3.49. The van der Waals surface area contributed by atoms with E-state index >= 15 is 0 Å². The Bertz CT molecular complexity index is 697. The minimum absolute atomic E-state index is 0.0956. The molecule has 0 unspecified atom stereocenters. The van der Waals surface area contributed by atoms with Crippen molar-refractivity contribution in [2.75, 3.05) is 26.6 Å². The van der Waals surface area contributed by atoms with Gasteiger partial charge in [0, 0.05) is 5.69 Å². The molecule has 0 spiro atoms. The molecule has 0 heterocycles. The van der Waals surface area contributed by atoms with Gasteiger partial charge in [0.2, 0.25) is 5.91 Å². The van der Waals surface area contributed by atoms with E-state index in [0.717, 1.165) is 22.6 Å². The lowest BCUT2D eigenvalue weighted by Gasteiger charge is -2.11. The topological polar surface area (TPSA) is 56.8 Å². The molecule has 1 amide bonds. The van der Waals surface area contributed by atoms with Crippen molar-refractivity contribution >= 4 is 11.6 Å². The van der Waals surface area contributed by atoms with Crippen molar-refractivity contribution in [1.82, 2.24) is 0 Å². The average molecular weight is 315 g/mol. The number of hydrogen-bond acceptors (Lipinski definition) is 4. The van der Waals surface area contributed by atoms with E-state index in [9.17, 15) is 4.79 Å². The van der Waals surface area contributed by atoms with Gasteiger partial charge in [-0.1, -0.05) is 6.07 Å². The number of carbonyl (C=O) groups is 1. The van der Waals surface area contributed by atoms with Crippen LogP contribution in [0, 0.1) is 6.92 Å². The first-order valence-corrected chi connectivity index (χ1v) is 7.22. The van der Waals surface area contributed by atoms with Gasteiger partial charge >= 0.3 is 0 Å². The Balaban J connectivity index is 2.06. The van der Waals surface area contributed by atoms with Gasteiger partial charge in [-0.15, -0.1) is 0 Å². The standard InChI is InChI=1S/C18H21NO4/c1-12-9-14(6-8-15(12)21-2)19-18(20)11-13-5-7-16(22-3)17(10-13)23-4/h5-10H,11H2,1-4H3,(H,19,20). The molecule has 0 aliphatic rings. The van der Waals surface area contributed by atoms with Gasteiger partial charge in [-0.3, -0.25) is 4.79 Å². The molecule has 1 N–H and O–H groups in total. The van der Waals surface area contributed by atoms with Gasteiger partial charge in [-0.05, 0) is 48.4 Å². The Kier molecular flexibility index (Phi) is 5.46. The lowest BCUT2D eigenvalue weighted by atomic mass is 10.1. The van der Waals surface area contributed by atoms with Crippen molar-refractivity contribution in [3.8, 4) is 17.2 Å². The van der Waals surface area contributed by atoms with E-state index in [-0.39, 0.29) is 12.3 Å². The Morgan fingerprint density at radius 3 is 2.17 bits per heavy atom.